The van der Waals surface area contributed by atoms with Gasteiger partial charge in [-0.25, -0.2) is 15.0 Å². The molecule has 4 aromatic rings. The molecular weight excluding hydrogens is 410 g/mol. The van der Waals surface area contributed by atoms with Crippen LogP contribution < -0.4 is 10.9 Å². The monoisotopic (exact) mass is 431 g/mol. The van der Waals surface area contributed by atoms with Gasteiger partial charge in [0.25, 0.3) is 5.56 Å². The minimum atomic E-state index is -0.254. The van der Waals surface area contributed by atoms with E-state index in [2.05, 4.69) is 20.3 Å². The molecule has 1 amide bonds. The van der Waals surface area contributed by atoms with Crippen LogP contribution in [0.15, 0.2) is 76.9 Å². The Bertz CT molecular complexity index is 1270. The van der Waals surface area contributed by atoms with Gasteiger partial charge in [-0.3, -0.25) is 14.2 Å². The molecular formula is C23H21N5O2S. The van der Waals surface area contributed by atoms with Crippen LogP contribution in [0.5, 0.6) is 0 Å². The van der Waals surface area contributed by atoms with Gasteiger partial charge in [-0.05, 0) is 36.6 Å². The molecule has 4 rings (SSSR count). The summed E-state index contributed by atoms with van der Waals surface area (Å²) in [7, 11) is 0. The van der Waals surface area contributed by atoms with Gasteiger partial charge in [0.05, 0.1) is 5.75 Å². The number of aromatic nitrogens is 4. The van der Waals surface area contributed by atoms with Crippen molar-refractivity contribution < 1.29 is 4.79 Å². The number of aryl methyl sites for hydroxylation is 2. The maximum Gasteiger partial charge on any atom is 0.282 e. The third-order valence-corrected chi connectivity index (χ3v) is 5.64. The number of carbonyl (C=O) groups excluding carboxylic acids is 1. The molecule has 31 heavy (non-hydrogen) atoms. The molecule has 0 atom stereocenters. The van der Waals surface area contributed by atoms with Gasteiger partial charge < -0.3 is 5.32 Å². The first-order chi connectivity index (χ1) is 15.1. The standard InChI is InChI=1S/C23H21N5O2S/c1-16-6-5-9-18(14-16)26-19(29)15-31-23-27-21-20(24-11-12-25-21)22(30)28(23)13-10-17-7-3-2-4-8-17/h2-9,11-12,14H,10,13,15H2,1H3,(H,26,29). The lowest BCUT2D eigenvalue weighted by atomic mass is 10.1. The summed E-state index contributed by atoms with van der Waals surface area (Å²) in [5.41, 5.74) is 3.17. The number of nitrogens with zero attached hydrogens (tertiary/aromatic N) is 4. The number of hydrogen-bond donors (Lipinski definition) is 1. The van der Waals surface area contributed by atoms with Gasteiger partial charge >= 0.3 is 0 Å². The molecule has 0 fully saturated rings. The van der Waals surface area contributed by atoms with Crippen molar-refractivity contribution in [2.24, 2.45) is 0 Å². The number of anilines is 1. The van der Waals surface area contributed by atoms with Crippen LogP contribution in [0.25, 0.3) is 11.2 Å². The van der Waals surface area contributed by atoms with Crippen LogP contribution in [0.3, 0.4) is 0 Å². The van der Waals surface area contributed by atoms with E-state index in [1.807, 2.05) is 61.5 Å². The molecule has 0 unspecified atom stereocenters. The Morgan fingerprint density at radius 2 is 1.87 bits per heavy atom. The molecule has 2 heterocycles. The fraction of sp³-hybridized carbons (Fsp3) is 0.174. The number of rotatable bonds is 7. The lowest BCUT2D eigenvalue weighted by Gasteiger charge is -2.12. The Balaban J connectivity index is 1.56. The second-order valence-electron chi connectivity index (χ2n) is 7.02. The Morgan fingerprint density at radius 3 is 2.68 bits per heavy atom. The molecule has 7 nitrogen and oxygen atoms in total. The molecule has 8 heteroatoms. The van der Waals surface area contributed by atoms with Crippen LogP contribution >= 0.6 is 11.8 Å². The average Bonchev–Trinajstić information content (AvgIpc) is 2.78. The summed E-state index contributed by atoms with van der Waals surface area (Å²) in [4.78, 5) is 38.3. The average molecular weight is 432 g/mol. The van der Waals surface area contributed by atoms with Crippen molar-refractivity contribution >= 4 is 34.5 Å². The van der Waals surface area contributed by atoms with Gasteiger partial charge in [-0.2, -0.15) is 0 Å². The van der Waals surface area contributed by atoms with Crippen LogP contribution in [0.1, 0.15) is 11.1 Å². The number of hydrogen-bond acceptors (Lipinski definition) is 6. The predicted octanol–water partition coefficient (Wildman–Crippen LogP) is 3.47. The van der Waals surface area contributed by atoms with E-state index in [-0.39, 0.29) is 28.4 Å². The second kappa shape index (κ2) is 9.53. The van der Waals surface area contributed by atoms with Gasteiger partial charge in [0, 0.05) is 24.6 Å². The highest BCUT2D eigenvalue weighted by molar-refractivity contribution is 7.99. The number of fused-ring (bicyclic) bond motifs is 1. The summed E-state index contributed by atoms with van der Waals surface area (Å²) in [6.07, 6.45) is 3.65. The zero-order valence-electron chi connectivity index (χ0n) is 17.0. The Morgan fingerprint density at radius 1 is 1.06 bits per heavy atom. The van der Waals surface area contributed by atoms with E-state index in [1.54, 1.807) is 4.57 Å². The van der Waals surface area contributed by atoms with Gasteiger partial charge in [-0.15, -0.1) is 0 Å². The molecule has 2 aromatic carbocycles. The van der Waals surface area contributed by atoms with E-state index in [4.69, 9.17) is 0 Å². The number of nitrogens with one attached hydrogen (secondary N) is 1. The molecule has 0 bridgehead atoms. The second-order valence-corrected chi connectivity index (χ2v) is 7.96. The number of amides is 1. The molecule has 2 aromatic heterocycles. The van der Waals surface area contributed by atoms with Crippen LogP contribution in [0, 0.1) is 6.92 Å². The molecule has 156 valence electrons. The first-order valence-corrected chi connectivity index (χ1v) is 10.8. The summed E-state index contributed by atoms with van der Waals surface area (Å²) < 4.78 is 1.58. The fourth-order valence-corrected chi connectivity index (χ4v) is 3.99. The summed E-state index contributed by atoms with van der Waals surface area (Å²) in [5.74, 6) is -0.0454. The highest BCUT2D eigenvalue weighted by Gasteiger charge is 2.15. The van der Waals surface area contributed by atoms with Crippen LogP contribution in [-0.2, 0) is 17.8 Å². The largest absolute Gasteiger partial charge is 0.325 e. The van der Waals surface area contributed by atoms with E-state index < -0.39 is 0 Å². The van der Waals surface area contributed by atoms with Crippen molar-refractivity contribution in [3.05, 3.63) is 88.5 Å². The molecule has 0 saturated heterocycles. The summed E-state index contributed by atoms with van der Waals surface area (Å²) in [6.45, 7) is 2.40. The Labute approximate surface area is 183 Å². The lowest BCUT2D eigenvalue weighted by Crippen LogP contribution is -2.26. The molecule has 1 N–H and O–H groups in total. The SMILES string of the molecule is Cc1cccc(NC(=O)CSc2nc3nccnc3c(=O)n2CCc2ccccc2)c1. The van der Waals surface area contributed by atoms with Crippen molar-refractivity contribution in [1.29, 1.82) is 0 Å². The van der Waals surface area contributed by atoms with Crippen LogP contribution in [0.4, 0.5) is 5.69 Å². The Kier molecular flexibility index (Phi) is 6.37. The molecule has 0 aliphatic carbocycles. The van der Waals surface area contributed by atoms with Gasteiger partial charge in [0.1, 0.15) is 0 Å². The quantitative estimate of drug-likeness (QED) is 0.356. The maximum atomic E-state index is 13.1. The van der Waals surface area contributed by atoms with Crippen LogP contribution in [0.2, 0.25) is 0 Å². The molecule has 0 aliphatic heterocycles. The summed E-state index contributed by atoms with van der Waals surface area (Å²) in [6, 6.07) is 17.5. The third-order valence-electron chi connectivity index (χ3n) is 4.66. The minimum absolute atomic E-state index is 0.123. The molecule has 0 saturated carbocycles. The topological polar surface area (TPSA) is 89.8 Å². The van der Waals surface area contributed by atoms with Gasteiger partial charge in [0.15, 0.2) is 16.3 Å². The summed E-state index contributed by atoms with van der Waals surface area (Å²) in [5, 5.41) is 3.33. The Hall–Kier alpha value is -3.52. The smallest absolute Gasteiger partial charge is 0.282 e. The lowest BCUT2D eigenvalue weighted by molar-refractivity contribution is -0.113. The van der Waals surface area contributed by atoms with Crippen molar-refractivity contribution in [1.82, 2.24) is 19.5 Å². The highest BCUT2D eigenvalue weighted by Crippen LogP contribution is 2.18. The number of thioether (sulfide) groups is 1. The zero-order chi connectivity index (χ0) is 21.6. The predicted molar refractivity (Wildman–Crippen MR) is 122 cm³/mol. The highest BCUT2D eigenvalue weighted by atomic mass is 32.2. The molecule has 0 spiro atoms. The van der Waals surface area contributed by atoms with E-state index in [1.165, 1.54) is 24.2 Å². The van der Waals surface area contributed by atoms with Gasteiger partial charge in [0.2, 0.25) is 5.91 Å². The maximum absolute atomic E-state index is 13.1. The van der Waals surface area contributed by atoms with Crippen molar-refractivity contribution in [3.8, 4) is 0 Å². The molecule has 0 radical (unpaired) electrons. The summed E-state index contributed by atoms with van der Waals surface area (Å²) >= 11 is 1.21. The van der Waals surface area contributed by atoms with Crippen molar-refractivity contribution in [2.45, 2.75) is 25.0 Å². The van der Waals surface area contributed by atoms with Crippen molar-refractivity contribution in [2.75, 3.05) is 11.1 Å². The van der Waals surface area contributed by atoms with E-state index in [0.29, 0.717) is 18.1 Å². The van der Waals surface area contributed by atoms with E-state index in [9.17, 15) is 9.59 Å². The normalized spacial score (nSPS) is 10.9. The van der Waals surface area contributed by atoms with Gasteiger partial charge in [-0.1, -0.05) is 54.2 Å². The number of benzene rings is 2. The van der Waals surface area contributed by atoms with Crippen molar-refractivity contribution in [3.63, 3.8) is 0 Å². The van der Waals surface area contributed by atoms with Crippen LogP contribution in [-0.4, -0.2) is 31.2 Å². The van der Waals surface area contributed by atoms with E-state index in [0.717, 1.165) is 16.8 Å². The first kappa shape index (κ1) is 20.7. The third kappa shape index (κ3) is 5.16. The zero-order valence-corrected chi connectivity index (χ0v) is 17.8. The number of carbonyl (C=O) groups is 1. The van der Waals surface area contributed by atoms with E-state index >= 15 is 0 Å². The minimum Gasteiger partial charge on any atom is -0.325 e. The molecule has 0 aliphatic rings. The first-order valence-electron chi connectivity index (χ1n) is 9.85. The fourth-order valence-electron chi connectivity index (χ4n) is 3.17.